The van der Waals surface area contributed by atoms with E-state index in [-0.39, 0.29) is 0 Å². The molecule has 66 valence electrons. The van der Waals surface area contributed by atoms with Crippen molar-refractivity contribution in [1.29, 1.82) is 0 Å². The minimum absolute atomic E-state index is 0.447. The zero-order valence-electron chi connectivity index (χ0n) is 7.27. The maximum Gasteiger partial charge on any atom is 0.168 e. The average Bonchev–Trinajstić information content (AvgIpc) is 2.58. The number of rotatable bonds is 2. The molecule has 0 N–H and O–H groups in total. The molecule has 2 rings (SSSR count). The van der Waals surface area contributed by atoms with Crippen LogP contribution < -0.4 is 0 Å². The molecule has 4 nitrogen and oxygen atoms in total. The molecule has 2 heterocycles. The highest BCUT2D eigenvalue weighted by atomic mass is 16.1. The summed E-state index contributed by atoms with van der Waals surface area (Å²) in [5.74, 6) is 0. The lowest BCUT2D eigenvalue weighted by Crippen LogP contribution is -1.92. The fourth-order valence-corrected chi connectivity index (χ4v) is 1.22. The van der Waals surface area contributed by atoms with Gasteiger partial charge in [0.15, 0.2) is 6.29 Å². The number of aryl methyl sites for hydroxylation is 1. The first-order chi connectivity index (χ1) is 6.33. The zero-order chi connectivity index (χ0) is 9.26. The molecule has 0 aliphatic heterocycles. The number of carbonyl (C=O) groups is 1. The molecule has 0 aliphatic rings. The molecular formula is C9H9N3O. The summed E-state index contributed by atoms with van der Waals surface area (Å²) >= 11 is 0. The molecule has 0 amide bonds. The van der Waals surface area contributed by atoms with Gasteiger partial charge >= 0.3 is 0 Å². The number of aromatic nitrogens is 3. The minimum Gasteiger partial charge on any atom is -0.296 e. The Balaban J connectivity index is 2.63. The molecule has 0 spiro atoms. The fourth-order valence-electron chi connectivity index (χ4n) is 1.22. The van der Waals surface area contributed by atoms with E-state index in [1.807, 2.05) is 17.8 Å². The summed E-state index contributed by atoms with van der Waals surface area (Å²) in [5, 5.41) is 5.20. The van der Waals surface area contributed by atoms with Crippen LogP contribution in [0.3, 0.4) is 0 Å². The van der Waals surface area contributed by atoms with Crippen LogP contribution in [-0.2, 0) is 6.54 Å². The molecule has 0 fully saturated rings. The van der Waals surface area contributed by atoms with Gasteiger partial charge < -0.3 is 0 Å². The third-order valence-electron chi connectivity index (χ3n) is 1.90. The van der Waals surface area contributed by atoms with E-state index in [1.54, 1.807) is 12.3 Å². The van der Waals surface area contributed by atoms with Crippen molar-refractivity contribution >= 4 is 17.2 Å². The Bertz CT molecular complexity index is 447. The lowest BCUT2D eigenvalue weighted by atomic mass is 10.3. The topological polar surface area (TPSA) is 47.8 Å². The van der Waals surface area contributed by atoms with E-state index in [0.29, 0.717) is 5.69 Å². The second kappa shape index (κ2) is 2.97. The van der Waals surface area contributed by atoms with Crippen LogP contribution in [0.15, 0.2) is 18.5 Å². The fraction of sp³-hybridized carbons (Fsp3) is 0.222. The molecule has 2 aromatic heterocycles. The number of fused-ring (bicyclic) bond motifs is 1. The van der Waals surface area contributed by atoms with Crippen LogP contribution in [0.1, 0.15) is 17.4 Å². The molecule has 13 heavy (non-hydrogen) atoms. The first-order valence-electron chi connectivity index (χ1n) is 4.12. The lowest BCUT2D eigenvalue weighted by Gasteiger charge is -1.88. The zero-order valence-corrected chi connectivity index (χ0v) is 7.27. The maximum atomic E-state index is 10.4. The highest BCUT2D eigenvalue weighted by molar-refractivity contribution is 5.83. The molecule has 0 radical (unpaired) electrons. The normalized spacial score (nSPS) is 10.5. The predicted octanol–water partition coefficient (Wildman–Crippen LogP) is 1.26. The van der Waals surface area contributed by atoms with Crippen molar-refractivity contribution in [1.82, 2.24) is 14.8 Å². The van der Waals surface area contributed by atoms with E-state index in [0.717, 1.165) is 23.7 Å². The SMILES string of the molecule is CCn1cc2cc(C=O)ncc2n1. The molecule has 2 aromatic rings. The van der Waals surface area contributed by atoms with Crippen molar-refractivity contribution in [2.45, 2.75) is 13.5 Å². The minimum atomic E-state index is 0.447. The summed E-state index contributed by atoms with van der Waals surface area (Å²) in [6.45, 7) is 2.84. The third-order valence-corrected chi connectivity index (χ3v) is 1.90. The van der Waals surface area contributed by atoms with Crippen molar-refractivity contribution in [2.75, 3.05) is 0 Å². The van der Waals surface area contributed by atoms with Crippen molar-refractivity contribution in [3.05, 3.63) is 24.2 Å². The molecule has 0 saturated carbocycles. The largest absolute Gasteiger partial charge is 0.296 e. The Morgan fingerprint density at radius 1 is 1.62 bits per heavy atom. The molecule has 0 aliphatic carbocycles. The molecule has 0 aromatic carbocycles. The summed E-state index contributed by atoms with van der Waals surface area (Å²) in [6.07, 6.45) is 4.26. The molecule has 0 unspecified atom stereocenters. The van der Waals surface area contributed by atoms with Gasteiger partial charge in [-0.3, -0.25) is 14.5 Å². The number of aldehydes is 1. The van der Waals surface area contributed by atoms with Crippen LogP contribution in [0.5, 0.6) is 0 Å². The van der Waals surface area contributed by atoms with Crippen molar-refractivity contribution in [2.24, 2.45) is 0 Å². The van der Waals surface area contributed by atoms with Crippen LogP contribution in [-0.4, -0.2) is 21.1 Å². The molecule has 0 saturated heterocycles. The molecular weight excluding hydrogens is 166 g/mol. The summed E-state index contributed by atoms with van der Waals surface area (Å²) in [4.78, 5) is 14.4. The number of nitrogens with zero attached hydrogens (tertiary/aromatic N) is 3. The summed E-state index contributed by atoms with van der Waals surface area (Å²) in [6, 6.07) is 1.74. The molecule has 0 bridgehead atoms. The number of pyridine rings is 1. The highest BCUT2D eigenvalue weighted by Gasteiger charge is 2.00. The van der Waals surface area contributed by atoms with E-state index in [9.17, 15) is 4.79 Å². The average molecular weight is 175 g/mol. The molecule has 0 atom stereocenters. The van der Waals surface area contributed by atoms with Crippen molar-refractivity contribution in [3.8, 4) is 0 Å². The quantitative estimate of drug-likeness (QED) is 0.645. The standard InChI is InChI=1S/C9H9N3O/c1-2-12-5-7-3-8(6-13)10-4-9(7)11-12/h3-6H,2H2,1H3. The van der Waals surface area contributed by atoms with Crippen LogP contribution in [0.2, 0.25) is 0 Å². The second-order valence-corrected chi connectivity index (χ2v) is 2.77. The number of hydrogen-bond donors (Lipinski definition) is 0. The monoisotopic (exact) mass is 175 g/mol. The van der Waals surface area contributed by atoms with E-state index in [4.69, 9.17) is 0 Å². The van der Waals surface area contributed by atoms with Crippen molar-refractivity contribution in [3.63, 3.8) is 0 Å². The van der Waals surface area contributed by atoms with Gasteiger partial charge in [0.1, 0.15) is 11.2 Å². The van der Waals surface area contributed by atoms with Gasteiger partial charge in [0, 0.05) is 18.1 Å². The van der Waals surface area contributed by atoms with Gasteiger partial charge in [-0.25, -0.2) is 0 Å². The van der Waals surface area contributed by atoms with Gasteiger partial charge in [-0.2, -0.15) is 5.10 Å². The highest BCUT2D eigenvalue weighted by Crippen LogP contribution is 2.10. The second-order valence-electron chi connectivity index (χ2n) is 2.77. The third kappa shape index (κ3) is 1.30. The van der Waals surface area contributed by atoms with Crippen LogP contribution in [0.4, 0.5) is 0 Å². The van der Waals surface area contributed by atoms with Gasteiger partial charge in [-0.1, -0.05) is 0 Å². The molecule has 4 heteroatoms. The van der Waals surface area contributed by atoms with Gasteiger partial charge in [-0.05, 0) is 13.0 Å². The number of hydrogen-bond acceptors (Lipinski definition) is 3. The summed E-state index contributed by atoms with van der Waals surface area (Å²) in [7, 11) is 0. The lowest BCUT2D eigenvalue weighted by molar-refractivity contribution is 0.111. The predicted molar refractivity (Wildman–Crippen MR) is 48.6 cm³/mol. The maximum absolute atomic E-state index is 10.4. The van der Waals surface area contributed by atoms with E-state index in [1.165, 1.54) is 0 Å². The first-order valence-corrected chi connectivity index (χ1v) is 4.12. The van der Waals surface area contributed by atoms with E-state index in [2.05, 4.69) is 10.1 Å². The summed E-state index contributed by atoms with van der Waals surface area (Å²) in [5.41, 5.74) is 1.27. The Morgan fingerprint density at radius 2 is 2.46 bits per heavy atom. The van der Waals surface area contributed by atoms with Gasteiger partial charge in [0.2, 0.25) is 0 Å². The van der Waals surface area contributed by atoms with Gasteiger partial charge in [0.05, 0.1) is 6.20 Å². The first kappa shape index (κ1) is 7.91. The smallest absolute Gasteiger partial charge is 0.168 e. The van der Waals surface area contributed by atoms with Crippen LogP contribution in [0, 0.1) is 0 Å². The summed E-state index contributed by atoms with van der Waals surface area (Å²) < 4.78 is 1.82. The van der Waals surface area contributed by atoms with E-state index < -0.39 is 0 Å². The Hall–Kier alpha value is -1.71. The van der Waals surface area contributed by atoms with Crippen LogP contribution in [0.25, 0.3) is 10.9 Å². The van der Waals surface area contributed by atoms with Gasteiger partial charge in [-0.15, -0.1) is 0 Å². The number of carbonyl (C=O) groups excluding carboxylic acids is 1. The van der Waals surface area contributed by atoms with Gasteiger partial charge in [0.25, 0.3) is 0 Å². The Labute approximate surface area is 75.2 Å². The van der Waals surface area contributed by atoms with Crippen molar-refractivity contribution < 1.29 is 4.79 Å². The Kier molecular flexibility index (Phi) is 1.81. The van der Waals surface area contributed by atoms with E-state index >= 15 is 0 Å². The van der Waals surface area contributed by atoms with Crippen LogP contribution >= 0.6 is 0 Å². The Morgan fingerprint density at radius 3 is 3.15 bits per heavy atom.